The largest absolute Gasteiger partial charge is 0.469 e. The summed E-state index contributed by atoms with van der Waals surface area (Å²) in [6.45, 7) is 1.42. The molecule has 176 valence electrons. The first kappa shape index (κ1) is 24.0. The van der Waals surface area contributed by atoms with Crippen molar-refractivity contribution in [2.24, 2.45) is 5.92 Å². The van der Waals surface area contributed by atoms with Crippen LogP contribution in [-0.2, 0) is 19.1 Å². The Labute approximate surface area is 203 Å². The highest BCUT2D eigenvalue weighted by molar-refractivity contribution is 6.30. The van der Waals surface area contributed by atoms with Crippen LogP contribution in [0.1, 0.15) is 49.5 Å². The number of benzene rings is 2. The summed E-state index contributed by atoms with van der Waals surface area (Å²) in [6, 6.07) is 13.6. The van der Waals surface area contributed by atoms with E-state index in [0.29, 0.717) is 10.0 Å². The maximum absolute atomic E-state index is 14.0. The van der Waals surface area contributed by atoms with Crippen LogP contribution in [0.5, 0.6) is 0 Å². The molecule has 1 aliphatic carbocycles. The van der Waals surface area contributed by atoms with Crippen LogP contribution in [-0.4, -0.2) is 47.2 Å². The van der Waals surface area contributed by atoms with Crippen molar-refractivity contribution in [2.75, 3.05) is 13.7 Å². The topological polar surface area (TPSA) is 76.1 Å². The number of morpholine rings is 1. The van der Waals surface area contributed by atoms with Gasteiger partial charge in [-0.25, -0.2) is 0 Å². The number of methoxy groups -OCH3 is 1. The van der Waals surface area contributed by atoms with E-state index in [1.54, 1.807) is 36.1 Å². The number of hydrogen-bond donors (Lipinski definition) is 1. The molecule has 1 heterocycles. The number of hydrogen-bond acceptors (Lipinski definition) is 5. The first-order valence-corrected chi connectivity index (χ1v) is 11.7. The van der Waals surface area contributed by atoms with Gasteiger partial charge in [0.05, 0.1) is 32.2 Å². The number of halogens is 2. The number of nitrogens with zero attached hydrogens (tertiary/aromatic N) is 1. The molecule has 2 fully saturated rings. The van der Waals surface area contributed by atoms with Crippen molar-refractivity contribution in [3.8, 4) is 0 Å². The van der Waals surface area contributed by atoms with E-state index in [4.69, 9.17) is 32.7 Å². The Morgan fingerprint density at radius 3 is 2.45 bits per heavy atom. The first-order valence-electron chi connectivity index (χ1n) is 11.0. The van der Waals surface area contributed by atoms with Crippen LogP contribution in [0.3, 0.4) is 0 Å². The van der Waals surface area contributed by atoms with E-state index in [9.17, 15) is 14.7 Å². The van der Waals surface area contributed by atoms with Gasteiger partial charge >= 0.3 is 5.97 Å². The van der Waals surface area contributed by atoms with Gasteiger partial charge in [-0.1, -0.05) is 47.5 Å². The van der Waals surface area contributed by atoms with Crippen molar-refractivity contribution in [2.45, 2.75) is 50.0 Å². The van der Waals surface area contributed by atoms with Crippen molar-refractivity contribution in [1.82, 2.24) is 4.90 Å². The molecule has 0 radical (unpaired) electrons. The van der Waals surface area contributed by atoms with Gasteiger partial charge in [-0.05, 0) is 61.1 Å². The average molecular weight is 492 g/mol. The first-order chi connectivity index (χ1) is 15.8. The third-order valence-electron chi connectivity index (χ3n) is 6.47. The highest BCUT2D eigenvalue weighted by Gasteiger charge is 2.55. The third kappa shape index (κ3) is 4.90. The van der Waals surface area contributed by atoms with Crippen molar-refractivity contribution in [3.05, 3.63) is 69.7 Å². The Kier molecular flexibility index (Phi) is 7.01. The Morgan fingerprint density at radius 2 is 1.88 bits per heavy atom. The van der Waals surface area contributed by atoms with E-state index < -0.39 is 29.8 Å². The molecule has 1 N–H and O–H groups in total. The van der Waals surface area contributed by atoms with Crippen LogP contribution in [0.4, 0.5) is 0 Å². The van der Waals surface area contributed by atoms with E-state index in [-0.39, 0.29) is 24.9 Å². The summed E-state index contributed by atoms with van der Waals surface area (Å²) >= 11 is 12.4. The summed E-state index contributed by atoms with van der Waals surface area (Å²) < 4.78 is 11.3. The lowest BCUT2D eigenvalue weighted by Crippen LogP contribution is -2.61. The molecule has 1 saturated carbocycles. The number of amides is 1. The van der Waals surface area contributed by atoms with Crippen LogP contribution < -0.4 is 0 Å². The lowest BCUT2D eigenvalue weighted by molar-refractivity contribution is -0.209. The summed E-state index contributed by atoms with van der Waals surface area (Å²) in [6.07, 6.45) is 0.980. The van der Waals surface area contributed by atoms with Gasteiger partial charge < -0.3 is 19.5 Å². The summed E-state index contributed by atoms with van der Waals surface area (Å²) in [4.78, 5) is 27.9. The SMILES string of the molecule is COC(=O)C[C@@]1(C)O[C@H](c2cccc(Cl)c2)[C@@H](c2ccc(Cl)cc2)N([C@H](CO)C2CC2)C1=O. The Hall–Kier alpha value is -2.12. The summed E-state index contributed by atoms with van der Waals surface area (Å²) in [5.41, 5.74) is 0.117. The molecule has 2 aliphatic rings. The maximum Gasteiger partial charge on any atom is 0.308 e. The quantitative estimate of drug-likeness (QED) is 0.566. The van der Waals surface area contributed by atoms with Gasteiger partial charge in [0.15, 0.2) is 5.60 Å². The molecule has 0 aromatic heterocycles. The third-order valence-corrected chi connectivity index (χ3v) is 6.96. The fourth-order valence-electron chi connectivity index (χ4n) is 4.64. The van der Waals surface area contributed by atoms with Gasteiger partial charge in [-0.2, -0.15) is 0 Å². The molecule has 1 amide bonds. The zero-order valence-corrected chi connectivity index (χ0v) is 20.1. The molecule has 2 aromatic rings. The molecule has 2 aromatic carbocycles. The summed E-state index contributed by atoms with van der Waals surface area (Å²) in [7, 11) is 1.28. The molecule has 4 rings (SSSR count). The fourth-order valence-corrected chi connectivity index (χ4v) is 4.96. The van der Waals surface area contributed by atoms with Gasteiger partial charge in [0, 0.05) is 10.0 Å². The highest BCUT2D eigenvalue weighted by Crippen LogP contribution is 2.50. The predicted octanol–water partition coefficient (Wildman–Crippen LogP) is 4.73. The van der Waals surface area contributed by atoms with Crippen LogP contribution in [0.2, 0.25) is 10.0 Å². The van der Waals surface area contributed by atoms with E-state index in [1.165, 1.54) is 7.11 Å². The van der Waals surface area contributed by atoms with E-state index in [2.05, 4.69) is 0 Å². The molecule has 8 heteroatoms. The normalized spacial score (nSPS) is 26.2. The highest BCUT2D eigenvalue weighted by atomic mass is 35.5. The Bertz CT molecular complexity index is 1030. The molecular formula is C25H27Cl2NO5. The molecule has 4 atom stereocenters. The number of rotatable bonds is 7. The second-order valence-corrected chi connectivity index (χ2v) is 9.75. The monoisotopic (exact) mass is 491 g/mol. The molecule has 1 aliphatic heterocycles. The molecule has 0 unspecified atom stereocenters. The van der Waals surface area contributed by atoms with E-state index >= 15 is 0 Å². The molecule has 6 nitrogen and oxygen atoms in total. The fraction of sp³-hybridized carbons (Fsp3) is 0.440. The summed E-state index contributed by atoms with van der Waals surface area (Å²) in [5.74, 6) is -0.709. The minimum absolute atomic E-state index is 0.183. The van der Waals surface area contributed by atoms with E-state index in [1.807, 2.05) is 24.3 Å². The van der Waals surface area contributed by atoms with Crippen LogP contribution in [0.25, 0.3) is 0 Å². The van der Waals surface area contributed by atoms with Crippen LogP contribution in [0.15, 0.2) is 48.5 Å². The molecular weight excluding hydrogens is 465 g/mol. The van der Waals surface area contributed by atoms with Gasteiger partial charge in [0.25, 0.3) is 5.91 Å². The lowest BCUT2D eigenvalue weighted by Gasteiger charge is -2.51. The molecule has 33 heavy (non-hydrogen) atoms. The Balaban J connectivity index is 1.88. The van der Waals surface area contributed by atoms with Crippen LogP contribution in [0, 0.1) is 5.92 Å². The number of aliphatic hydroxyl groups is 1. The number of esters is 1. The number of ether oxygens (including phenoxy) is 2. The summed E-state index contributed by atoms with van der Waals surface area (Å²) in [5, 5.41) is 11.5. The molecule has 0 spiro atoms. The second kappa shape index (κ2) is 9.63. The van der Waals surface area contributed by atoms with Crippen molar-refractivity contribution < 1.29 is 24.2 Å². The van der Waals surface area contributed by atoms with Gasteiger partial charge in [-0.3, -0.25) is 9.59 Å². The maximum atomic E-state index is 14.0. The van der Waals surface area contributed by atoms with Crippen LogP contribution >= 0.6 is 23.2 Å². The number of carbonyl (C=O) groups excluding carboxylic acids is 2. The van der Waals surface area contributed by atoms with Gasteiger partial charge in [0.2, 0.25) is 0 Å². The van der Waals surface area contributed by atoms with Gasteiger partial charge in [0.1, 0.15) is 6.10 Å². The average Bonchev–Trinajstić information content (AvgIpc) is 3.63. The molecule has 1 saturated heterocycles. The zero-order chi connectivity index (χ0) is 23.8. The molecule has 0 bridgehead atoms. The standard InChI is InChI=1S/C25H27Cl2NO5/c1-25(13-21(30)32-2)24(31)28(20(14-29)15-6-7-15)22(16-8-10-18(26)11-9-16)23(33-25)17-4-3-5-19(27)12-17/h3-5,8-12,15,20,22-23,29H,6-7,13-14H2,1-2H3/t20-,22-,23-,25-/m1/s1. The number of carbonyl (C=O) groups is 2. The number of aliphatic hydroxyl groups excluding tert-OH is 1. The van der Waals surface area contributed by atoms with Gasteiger partial charge in [-0.15, -0.1) is 0 Å². The van der Waals surface area contributed by atoms with Crippen molar-refractivity contribution in [1.29, 1.82) is 0 Å². The minimum atomic E-state index is -1.47. The van der Waals surface area contributed by atoms with Crippen molar-refractivity contribution >= 4 is 35.1 Å². The zero-order valence-electron chi connectivity index (χ0n) is 18.5. The smallest absolute Gasteiger partial charge is 0.308 e. The minimum Gasteiger partial charge on any atom is -0.469 e. The Morgan fingerprint density at radius 1 is 1.18 bits per heavy atom. The lowest BCUT2D eigenvalue weighted by atomic mass is 9.85. The predicted molar refractivity (Wildman–Crippen MR) is 125 cm³/mol. The van der Waals surface area contributed by atoms with E-state index in [0.717, 1.165) is 24.0 Å². The second-order valence-electron chi connectivity index (χ2n) is 8.87. The van der Waals surface area contributed by atoms with Crippen molar-refractivity contribution in [3.63, 3.8) is 0 Å².